The molecule has 2 N–H and O–H groups in total. The molecular formula is C25H38IN3O3. The number of hydrogen-bond donors (Lipinski definition) is 2. The second-order valence-electron chi connectivity index (χ2n) is 7.65. The number of nitrogens with zero attached hydrogens (tertiary/aromatic N) is 1. The number of rotatable bonds is 13. The number of nitrogens with one attached hydrogen (secondary N) is 2. The Morgan fingerprint density at radius 1 is 0.969 bits per heavy atom. The van der Waals surface area contributed by atoms with Crippen LogP contribution in [0, 0.1) is 6.92 Å². The molecule has 178 valence electrons. The van der Waals surface area contributed by atoms with Crippen LogP contribution in [0.15, 0.2) is 53.5 Å². The number of hydrogen-bond acceptors (Lipinski definition) is 4. The molecule has 0 saturated heterocycles. The summed E-state index contributed by atoms with van der Waals surface area (Å²) in [5, 5.41) is 6.84. The van der Waals surface area contributed by atoms with E-state index in [4.69, 9.17) is 19.2 Å². The molecule has 0 saturated carbocycles. The topological polar surface area (TPSA) is 64.1 Å². The third kappa shape index (κ3) is 11.7. The molecule has 0 aliphatic carbocycles. The average molecular weight is 556 g/mol. The molecule has 6 nitrogen and oxygen atoms in total. The van der Waals surface area contributed by atoms with Crippen LogP contribution >= 0.6 is 24.0 Å². The van der Waals surface area contributed by atoms with Gasteiger partial charge in [-0.1, -0.05) is 24.3 Å². The van der Waals surface area contributed by atoms with Crippen LogP contribution in [0.2, 0.25) is 0 Å². The number of methoxy groups -OCH3 is 1. The van der Waals surface area contributed by atoms with Crippen molar-refractivity contribution < 1.29 is 14.2 Å². The largest absolute Gasteiger partial charge is 0.491 e. The van der Waals surface area contributed by atoms with E-state index in [-0.39, 0.29) is 30.1 Å². The van der Waals surface area contributed by atoms with E-state index in [2.05, 4.69) is 41.8 Å². The first-order valence-corrected chi connectivity index (χ1v) is 11.0. The highest BCUT2D eigenvalue weighted by molar-refractivity contribution is 14.0. The summed E-state index contributed by atoms with van der Waals surface area (Å²) in [6.45, 7) is 9.63. The standard InChI is InChI=1S/C25H37N3O3.HI/c1-20(2)31-24-13-11-23(12-14-24)28-25(26-15-7-8-16-30-18-17-29-4)27-19-22-10-6-5-9-21(22)3;/h5-6,9-14,20H,7-8,15-19H2,1-4H3,(H2,26,27,28);1H. The zero-order valence-corrected chi connectivity index (χ0v) is 22.1. The van der Waals surface area contributed by atoms with Crippen molar-refractivity contribution in [1.29, 1.82) is 0 Å². The molecule has 0 aliphatic rings. The summed E-state index contributed by atoms with van der Waals surface area (Å²) in [5.41, 5.74) is 3.43. The van der Waals surface area contributed by atoms with E-state index in [1.54, 1.807) is 7.11 Å². The van der Waals surface area contributed by atoms with Crippen LogP contribution in [0.1, 0.15) is 37.8 Å². The van der Waals surface area contributed by atoms with Gasteiger partial charge in [-0.3, -0.25) is 0 Å². The van der Waals surface area contributed by atoms with E-state index in [9.17, 15) is 0 Å². The third-order valence-electron chi connectivity index (χ3n) is 4.60. The second kappa shape index (κ2) is 16.7. The molecule has 2 aromatic carbocycles. The van der Waals surface area contributed by atoms with Gasteiger partial charge >= 0.3 is 0 Å². The van der Waals surface area contributed by atoms with E-state index in [1.807, 2.05) is 38.1 Å². The number of anilines is 1. The fourth-order valence-corrected chi connectivity index (χ4v) is 2.90. The monoisotopic (exact) mass is 555 g/mol. The Morgan fingerprint density at radius 2 is 1.72 bits per heavy atom. The van der Waals surface area contributed by atoms with Gasteiger partial charge in [0.2, 0.25) is 0 Å². The van der Waals surface area contributed by atoms with Gasteiger partial charge in [0, 0.05) is 25.9 Å². The summed E-state index contributed by atoms with van der Waals surface area (Å²) in [6, 6.07) is 16.3. The summed E-state index contributed by atoms with van der Waals surface area (Å²) < 4.78 is 16.2. The minimum absolute atomic E-state index is 0. The van der Waals surface area contributed by atoms with Gasteiger partial charge in [0.05, 0.1) is 25.9 Å². The van der Waals surface area contributed by atoms with Crippen molar-refractivity contribution in [2.75, 3.05) is 38.8 Å². The highest BCUT2D eigenvalue weighted by atomic mass is 127. The van der Waals surface area contributed by atoms with Gasteiger partial charge in [0.25, 0.3) is 0 Å². The Balaban J connectivity index is 0.00000512. The molecule has 0 atom stereocenters. The van der Waals surface area contributed by atoms with Gasteiger partial charge < -0.3 is 24.8 Å². The summed E-state index contributed by atoms with van der Waals surface area (Å²) in [4.78, 5) is 4.79. The maximum absolute atomic E-state index is 5.73. The smallest absolute Gasteiger partial charge is 0.196 e. The van der Waals surface area contributed by atoms with Crippen LogP contribution < -0.4 is 15.4 Å². The predicted octanol–water partition coefficient (Wildman–Crippen LogP) is 5.40. The SMILES string of the molecule is COCCOCCCCNC(=NCc1ccccc1C)Nc1ccc(OC(C)C)cc1.I. The minimum atomic E-state index is 0. The van der Waals surface area contributed by atoms with Crippen molar-refractivity contribution in [3.63, 3.8) is 0 Å². The molecule has 0 spiro atoms. The van der Waals surface area contributed by atoms with E-state index >= 15 is 0 Å². The normalized spacial score (nSPS) is 11.2. The molecule has 0 aromatic heterocycles. The lowest BCUT2D eigenvalue weighted by atomic mass is 10.1. The highest BCUT2D eigenvalue weighted by Crippen LogP contribution is 2.17. The lowest BCUT2D eigenvalue weighted by Gasteiger charge is -2.14. The molecule has 2 aromatic rings. The molecule has 0 bridgehead atoms. The molecule has 0 aliphatic heterocycles. The number of ether oxygens (including phenoxy) is 3. The summed E-state index contributed by atoms with van der Waals surface area (Å²) in [5.74, 6) is 1.63. The number of benzene rings is 2. The van der Waals surface area contributed by atoms with Crippen molar-refractivity contribution in [1.82, 2.24) is 5.32 Å². The maximum Gasteiger partial charge on any atom is 0.196 e. The summed E-state index contributed by atoms with van der Waals surface area (Å²) >= 11 is 0. The predicted molar refractivity (Wildman–Crippen MR) is 143 cm³/mol. The minimum Gasteiger partial charge on any atom is -0.491 e. The lowest BCUT2D eigenvalue weighted by molar-refractivity contribution is 0.0689. The first-order valence-electron chi connectivity index (χ1n) is 11.0. The Morgan fingerprint density at radius 3 is 2.41 bits per heavy atom. The van der Waals surface area contributed by atoms with Crippen molar-refractivity contribution in [2.24, 2.45) is 4.99 Å². The number of unbranched alkanes of at least 4 members (excludes halogenated alkanes) is 1. The quantitative estimate of drug-likeness (QED) is 0.150. The van der Waals surface area contributed by atoms with Gasteiger partial charge in [-0.15, -0.1) is 24.0 Å². The maximum atomic E-state index is 5.73. The van der Waals surface area contributed by atoms with Crippen LogP contribution in [0.4, 0.5) is 5.69 Å². The van der Waals surface area contributed by atoms with Crippen LogP contribution in [-0.2, 0) is 16.0 Å². The third-order valence-corrected chi connectivity index (χ3v) is 4.60. The van der Waals surface area contributed by atoms with Crippen molar-refractivity contribution in [3.8, 4) is 5.75 Å². The summed E-state index contributed by atoms with van der Waals surface area (Å²) in [6.07, 6.45) is 2.15. The molecule has 32 heavy (non-hydrogen) atoms. The van der Waals surface area contributed by atoms with Crippen LogP contribution in [0.3, 0.4) is 0 Å². The van der Waals surface area contributed by atoms with Gasteiger partial charge in [-0.05, 0) is 69.0 Å². The van der Waals surface area contributed by atoms with E-state index < -0.39 is 0 Å². The Kier molecular flexibility index (Phi) is 14.8. The number of aryl methyl sites for hydroxylation is 1. The molecule has 2 rings (SSSR count). The molecule has 0 fully saturated rings. The highest BCUT2D eigenvalue weighted by Gasteiger charge is 2.03. The Labute approximate surface area is 210 Å². The molecule has 0 unspecified atom stereocenters. The van der Waals surface area contributed by atoms with Gasteiger partial charge in [-0.25, -0.2) is 4.99 Å². The van der Waals surface area contributed by atoms with Crippen LogP contribution in [0.25, 0.3) is 0 Å². The molecule has 0 radical (unpaired) electrons. The van der Waals surface area contributed by atoms with Crippen molar-refractivity contribution in [3.05, 3.63) is 59.7 Å². The zero-order valence-electron chi connectivity index (χ0n) is 19.7. The molecule has 0 heterocycles. The molecule has 7 heteroatoms. The Bertz CT molecular complexity index is 782. The Hall–Kier alpha value is -1.84. The van der Waals surface area contributed by atoms with Crippen molar-refractivity contribution in [2.45, 2.75) is 46.3 Å². The second-order valence-corrected chi connectivity index (χ2v) is 7.65. The van der Waals surface area contributed by atoms with E-state index in [0.717, 1.165) is 43.4 Å². The number of halogens is 1. The van der Waals surface area contributed by atoms with E-state index in [0.29, 0.717) is 19.8 Å². The van der Waals surface area contributed by atoms with Gasteiger partial charge in [-0.2, -0.15) is 0 Å². The lowest BCUT2D eigenvalue weighted by Crippen LogP contribution is -2.32. The molecular weight excluding hydrogens is 517 g/mol. The van der Waals surface area contributed by atoms with E-state index in [1.165, 1.54) is 11.1 Å². The van der Waals surface area contributed by atoms with Gasteiger partial charge in [0.15, 0.2) is 5.96 Å². The van der Waals surface area contributed by atoms with Crippen LogP contribution in [-0.4, -0.2) is 45.5 Å². The first-order chi connectivity index (χ1) is 15.1. The van der Waals surface area contributed by atoms with Gasteiger partial charge in [0.1, 0.15) is 5.75 Å². The fraction of sp³-hybridized carbons (Fsp3) is 0.480. The van der Waals surface area contributed by atoms with Crippen LogP contribution in [0.5, 0.6) is 5.75 Å². The average Bonchev–Trinajstić information content (AvgIpc) is 2.75. The first kappa shape index (κ1) is 28.2. The summed E-state index contributed by atoms with van der Waals surface area (Å²) in [7, 11) is 1.68. The van der Waals surface area contributed by atoms with Crippen molar-refractivity contribution >= 4 is 35.6 Å². The number of aliphatic imine (C=N–C) groups is 1. The number of guanidine groups is 1. The zero-order chi connectivity index (χ0) is 22.3. The molecule has 0 amide bonds. The fourth-order valence-electron chi connectivity index (χ4n) is 2.90.